The molecule has 0 N–H and O–H groups in total. The molecule has 0 unspecified atom stereocenters. The molecule has 2 heterocycles. The molecule has 6 heteroatoms. The molecule has 0 fully saturated rings. The highest BCUT2D eigenvalue weighted by molar-refractivity contribution is 7.98. The van der Waals surface area contributed by atoms with Crippen LogP contribution in [0.2, 0.25) is 0 Å². The van der Waals surface area contributed by atoms with Crippen LogP contribution in [0, 0.1) is 13.8 Å². The molecule has 128 valence electrons. The third kappa shape index (κ3) is 3.74. The molecule has 0 saturated carbocycles. The highest BCUT2D eigenvalue weighted by atomic mass is 32.2. The number of hydrogen-bond acceptors (Lipinski definition) is 5. The van der Waals surface area contributed by atoms with Crippen molar-refractivity contribution in [3.8, 4) is 0 Å². The average Bonchev–Trinajstić information content (AvgIpc) is 2.97. The molecule has 3 rings (SSSR count). The first kappa shape index (κ1) is 17.2. The number of carbonyl (C=O) groups is 1. The molecule has 0 aliphatic rings. The second kappa shape index (κ2) is 7.53. The van der Waals surface area contributed by atoms with Crippen LogP contribution in [-0.4, -0.2) is 23.1 Å². The standard InChI is InChI=1S/C19H19N3O2S/c1-13-17(14(2)24-21-13)12-25-18-16(10-7-11-20-18)19(23)22(3)15-8-5-4-6-9-15/h4-11H,12H2,1-3H3. The van der Waals surface area contributed by atoms with Crippen LogP contribution >= 0.6 is 11.8 Å². The number of para-hydroxylation sites is 1. The number of benzene rings is 1. The van der Waals surface area contributed by atoms with E-state index in [0.717, 1.165) is 22.7 Å². The maximum atomic E-state index is 12.9. The Balaban J connectivity index is 1.82. The summed E-state index contributed by atoms with van der Waals surface area (Å²) >= 11 is 1.52. The van der Waals surface area contributed by atoms with Crippen molar-refractivity contribution in [1.82, 2.24) is 10.1 Å². The predicted molar refractivity (Wildman–Crippen MR) is 99.0 cm³/mol. The molecule has 25 heavy (non-hydrogen) atoms. The van der Waals surface area contributed by atoms with E-state index in [0.29, 0.717) is 16.3 Å². The monoisotopic (exact) mass is 353 g/mol. The molecule has 0 saturated heterocycles. The van der Waals surface area contributed by atoms with Crippen molar-refractivity contribution in [3.05, 3.63) is 71.2 Å². The zero-order valence-corrected chi connectivity index (χ0v) is 15.2. The number of thioether (sulfide) groups is 1. The lowest BCUT2D eigenvalue weighted by Gasteiger charge is -2.18. The maximum Gasteiger partial charge on any atom is 0.260 e. The van der Waals surface area contributed by atoms with Crippen molar-refractivity contribution in [2.24, 2.45) is 0 Å². The molecule has 3 aromatic rings. The van der Waals surface area contributed by atoms with E-state index in [4.69, 9.17) is 4.52 Å². The van der Waals surface area contributed by atoms with Gasteiger partial charge in [-0.3, -0.25) is 4.79 Å². The minimum atomic E-state index is -0.0828. The summed E-state index contributed by atoms with van der Waals surface area (Å²) in [7, 11) is 1.77. The van der Waals surface area contributed by atoms with Crippen molar-refractivity contribution in [1.29, 1.82) is 0 Å². The second-order valence-electron chi connectivity index (χ2n) is 5.65. The summed E-state index contributed by atoms with van der Waals surface area (Å²) in [4.78, 5) is 18.9. The first-order valence-electron chi connectivity index (χ1n) is 7.90. The Kier molecular flexibility index (Phi) is 5.19. The normalized spacial score (nSPS) is 10.7. The molecule has 0 atom stereocenters. The van der Waals surface area contributed by atoms with Crippen LogP contribution in [0.1, 0.15) is 27.4 Å². The first-order chi connectivity index (χ1) is 12.1. The van der Waals surface area contributed by atoms with Crippen LogP contribution in [0.5, 0.6) is 0 Å². The van der Waals surface area contributed by atoms with Gasteiger partial charge < -0.3 is 9.42 Å². The van der Waals surface area contributed by atoms with E-state index in [-0.39, 0.29) is 5.91 Å². The van der Waals surface area contributed by atoms with Gasteiger partial charge in [-0.05, 0) is 38.1 Å². The fraction of sp³-hybridized carbons (Fsp3) is 0.211. The quantitative estimate of drug-likeness (QED) is 0.642. The van der Waals surface area contributed by atoms with Crippen LogP contribution < -0.4 is 4.90 Å². The fourth-order valence-electron chi connectivity index (χ4n) is 2.47. The summed E-state index contributed by atoms with van der Waals surface area (Å²) in [6.45, 7) is 3.81. The van der Waals surface area contributed by atoms with Crippen molar-refractivity contribution in [2.75, 3.05) is 11.9 Å². The number of anilines is 1. The Morgan fingerprint density at radius 3 is 2.60 bits per heavy atom. The van der Waals surface area contributed by atoms with E-state index >= 15 is 0 Å². The number of nitrogens with zero attached hydrogens (tertiary/aromatic N) is 3. The van der Waals surface area contributed by atoms with Crippen LogP contribution in [0.3, 0.4) is 0 Å². The molecule has 0 spiro atoms. The van der Waals surface area contributed by atoms with E-state index in [2.05, 4.69) is 10.1 Å². The van der Waals surface area contributed by atoms with Gasteiger partial charge >= 0.3 is 0 Å². The number of carbonyl (C=O) groups excluding carboxylic acids is 1. The summed E-state index contributed by atoms with van der Waals surface area (Å²) < 4.78 is 5.20. The third-order valence-corrected chi connectivity index (χ3v) is 5.02. The highest BCUT2D eigenvalue weighted by Crippen LogP contribution is 2.28. The summed E-state index contributed by atoms with van der Waals surface area (Å²) in [6, 6.07) is 13.2. The smallest absolute Gasteiger partial charge is 0.260 e. The molecule has 0 aliphatic carbocycles. The maximum absolute atomic E-state index is 12.9. The van der Waals surface area contributed by atoms with Crippen molar-refractivity contribution in [2.45, 2.75) is 24.6 Å². The van der Waals surface area contributed by atoms with Gasteiger partial charge in [0, 0.05) is 30.2 Å². The Labute approximate surface area is 151 Å². The van der Waals surface area contributed by atoms with E-state index in [1.165, 1.54) is 11.8 Å². The molecule has 0 bridgehead atoms. The minimum Gasteiger partial charge on any atom is -0.361 e. The van der Waals surface area contributed by atoms with E-state index < -0.39 is 0 Å². The molecule has 0 radical (unpaired) electrons. The summed E-state index contributed by atoms with van der Waals surface area (Å²) in [5, 5.41) is 4.67. The number of rotatable bonds is 5. The van der Waals surface area contributed by atoms with Crippen molar-refractivity contribution < 1.29 is 9.32 Å². The van der Waals surface area contributed by atoms with Gasteiger partial charge in [-0.15, -0.1) is 11.8 Å². The van der Waals surface area contributed by atoms with Crippen molar-refractivity contribution in [3.63, 3.8) is 0 Å². The first-order valence-corrected chi connectivity index (χ1v) is 8.89. The van der Waals surface area contributed by atoms with Crippen molar-refractivity contribution >= 4 is 23.4 Å². The zero-order valence-electron chi connectivity index (χ0n) is 14.4. The lowest BCUT2D eigenvalue weighted by molar-refractivity contribution is 0.0989. The Morgan fingerprint density at radius 2 is 1.92 bits per heavy atom. The average molecular weight is 353 g/mol. The Bertz CT molecular complexity index is 858. The van der Waals surface area contributed by atoms with Gasteiger partial charge in [0.25, 0.3) is 5.91 Å². The molecule has 5 nitrogen and oxygen atoms in total. The lowest BCUT2D eigenvalue weighted by Crippen LogP contribution is -2.26. The fourth-order valence-corrected chi connectivity index (χ4v) is 3.61. The molecule has 0 aliphatic heterocycles. The molecular formula is C19H19N3O2S. The van der Waals surface area contributed by atoms with Gasteiger partial charge in [0.1, 0.15) is 10.8 Å². The number of aromatic nitrogens is 2. The van der Waals surface area contributed by atoms with Gasteiger partial charge in [-0.1, -0.05) is 23.4 Å². The van der Waals surface area contributed by atoms with Gasteiger partial charge in [-0.25, -0.2) is 4.98 Å². The lowest BCUT2D eigenvalue weighted by atomic mass is 10.2. The van der Waals surface area contributed by atoms with Crippen LogP contribution in [0.25, 0.3) is 0 Å². The second-order valence-corrected chi connectivity index (χ2v) is 6.61. The van der Waals surface area contributed by atoms with E-state index in [1.54, 1.807) is 24.2 Å². The predicted octanol–water partition coefficient (Wildman–Crippen LogP) is 4.26. The van der Waals surface area contributed by atoms with Crippen LogP contribution in [0.15, 0.2) is 58.2 Å². The molecular weight excluding hydrogens is 334 g/mol. The Morgan fingerprint density at radius 1 is 1.16 bits per heavy atom. The number of pyridine rings is 1. The minimum absolute atomic E-state index is 0.0828. The third-order valence-electron chi connectivity index (χ3n) is 3.98. The summed E-state index contributed by atoms with van der Waals surface area (Å²) in [5.74, 6) is 1.38. The van der Waals surface area contributed by atoms with Gasteiger partial charge in [0.2, 0.25) is 0 Å². The van der Waals surface area contributed by atoms with E-state index in [1.807, 2.05) is 50.2 Å². The zero-order chi connectivity index (χ0) is 17.8. The number of amides is 1. The molecule has 2 aromatic heterocycles. The SMILES string of the molecule is Cc1noc(C)c1CSc1ncccc1C(=O)N(C)c1ccccc1. The number of aryl methyl sites for hydroxylation is 2. The van der Waals surface area contributed by atoms with Gasteiger partial charge in [0.05, 0.1) is 11.3 Å². The highest BCUT2D eigenvalue weighted by Gasteiger charge is 2.19. The van der Waals surface area contributed by atoms with Gasteiger partial charge in [-0.2, -0.15) is 0 Å². The van der Waals surface area contributed by atoms with E-state index in [9.17, 15) is 4.79 Å². The van der Waals surface area contributed by atoms with Crippen LogP contribution in [-0.2, 0) is 5.75 Å². The van der Waals surface area contributed by atoms with Crippen LogP contribution in [0.4, 0.5) is 5.69 Å². The molecule has 1 amide bonds. The Hall–Kier alpha value is -2.60. The summed E-state index contributed by atoms with van der Waals surface area (Å²) in [5.41, 5.74) is 3.35. The molecule has 1 aromatic carbocycles. The topological polar surface area (TPSA) is 59.2 Å². The largest absolute Gasteiger partial charge is 0.361 e. The summed E-state index contributed by atoms with van der Waals surface area (Å²) in [6.07, 6.45) is 1.70. The number of hydrogen-bond donors (Lipinski definition) is 0. The van der Waals surface area contributed by atoms with Gasteiger partial charge in [0.15, 0.2) is 0 Å².